The van der Waals surface area contributed by atoms with Crippen LogP contribution in [0.4, 0.5) is 0 Å². The van der Waals surface area contributed by atoms with Crippen molar-refractivity contribution in [1.82, 2.24) is 34.2 Å². The van der Waals surface area contributed by atoms with Gasteiger partial charge in [0.05, 0.1) is 47.7 Å². The highest BCUT2D eigenvalue weighted by atomic mass is 16.3. The number of nitrogens with zero attached hydrogens (tertiary/aromatic N) is 7. The Labute approximate surface area is 181 Å². The SMILES string of the molecule is CCC(CC)n1cc(-c2nc(-c3cnn(C[C@H]4C[C@H](CO)C4)c3)cn3nccc23)cn1. The highest BCUT2D eigenvalue weighted by Gasteiger charge is 2.28. The van der Waals surface area contributed by atoms with Gasteiger partial charge in [-0.2, -0.15) is 15.3 Å². The Morgan fingerprint density at radius 2 is 1.81 bits per heavy atom. The van der Waals surface area contributed by atoms with Gasteiger partial charge in [0.2, 0.25) is 0 Å². The van der Waals surface area contributed by atoms with Gasteiger partial charge in [0.15, 0.2) is 0 Å². The van der Waals surface area contributed by atoms with E-state index in [0.29, 0.717) is 24.5 Å². The first-order valence-electron chi connectivity index (χ1n) is 11.2. The van der Waals surface area contributed by atoms with Gasteiger partial charge in [-0.25, -0.2) is 9.50 Å². The molecule has 0 aliphatic heterocycles. The highest BCUT2D eigenvalue weighted by Crippen LogP contribution is 2.34. The second-order valence-corrected chi connectivity index (χ2v) is 8.65. The third-order valence-electron chi connectivity index (χ3n) is 6.55. The first-order chi connectivity index (χ1) is 15.2. The first-order valence-corrected chi connectivity index (χ1v) is 11.2. The molecule has 0 bridgehead atoms. The summed E-state index contributed by atoms with van der Waals surface area (Å²) in [7, 11) is 0. The fourth-order valence-corrected chi connectivity index (χ4v) is 4.63. The summed E-state index contributed by atoms with van der Waals surface area (Å²) in [5.74, 6) is 1.06. The summed E-state index contributed by atoms with van der Waals surface area (Å²) < 4.78 is 5.92. The molecule has 0 amide bonds. The van der Waals surface area contributed by atoms with Gasteiger partial charge in [0.25, 0.3) is 0 Å². The van der Waals surface area contributed by atoms with E-state index in [1.165, 1.54) is 0 Å². The third kappa shape index (κ3) is 3.76. The molecule has 0 spiro atoms. The number of aromatic nitrogens is 7. The lowest BCUT2D eigenvalue weighted by atomic mass is 9.75. The Bertz CT molecular complexity index is 1160. The zero-order valence-corrected chi connectivity index (χ0v) is 18.1. The summed E-state index contributed by atoms with van der Waals surface area (Å²) in [4.78, 5) is 4.99. The molecule has 4 aromatic heterocycles. The van der Waals surface area contributed by atoms with Crippen LogP contribution in [0.2, 0.25) is 0 Å². The molecule has 1 saturated carbocycles. The van der Waals surface area contributed by atoms with Crippen molar-refractivity contribution in [1.29, 1.82) is 0 Å². The van der Waals surface area contributed by atoms with E-state index < -0.39 is 0 Å². The molecule has 0 aromatic carbocycles. The van der Waals surface area contributed by atoms with E-state index >= 15 is 0 Å². The summed E-state index contributed by atoms with van der Waals surface area (Å²) >= 11 is 0. The van der Waals surface area contributed by atoms with Crippen LogP contribution in [-0.2, 0) is 6.54 Å². The van der Waals surface area contributed by atoms with Gasteiger partial charge in [-0.15, -0.1) is 0 Å². The summed E-state index contributed by atoms with van der Waals surface area (Å²) in [5, 5.41) is 22.8. The van der Waals surface area contributed by atoms with E-state index in [9.17, 15) is 5.11 Å². The largest absolute Gasteiger partial charge is 0.396 e. The molecule has 5 rings (SSSR count). The van der Waals surface area contributed by atoms with Gasteiger partial charge < -0.3 is 5.11 Å². The van der Waals surface area contributed by atoms with Gasteiger partial charge in [-0.3, -0.25) is 9.36 Å². The van der Waals surface area contributed by atoms with Crippen molar-refractivity contribution in [3.8, 4) is 22.5 Å². The van der Waals surface area contributed by atoms with E-state index in [-0.39, 0.29) is 0 Å². The second kappa shape index (κ2) is 8.26. The van der Waals surface area contributed by atoms with E-state index in [1.54, 1.807) is 6.20 Å². The van der Waals surface area contributed by atoms with Crippen LogP contribution < -0.4 is 0 Å². The lowest BCUT2D eigenvalue weighted by molar-refractivity contribution is 0.0945. The molecular weight excluding hydrogens is 390 g/mol. The number of aliphatic hydroxyl groups excluding tert-OH is 1. The fourth-order valence-electron chi connectivity index (χ4n) is 4.63. The molecule has 1 fully saturated rings. The van der Waals surface area contributed by atoms with Gasteiger partial charge in [-0.05, 0) is 43.6 Å². The van der Waals surface area contributed by atoms with Crippen molar-refractivity contribution >= 4 is 5.52 Å². The number of hydrogen-bond donors (Lipinski definition) is 1. The van der Waals surface area contributed by atoms with Crippen molar-refractivity contribution in [2.45, 2.75) is 52.1 Å². The van der Waals surface area contributed by atoms with Gasteiger partial charge in [-0.1, -0.05) is 13.8 Å². The minimum absolute atomic E-state index is 0.297. The smallest absolute Gasteiger partial charge is 0.0999 e. The molecule has 1 aliphatic carbocycles. The summed E-state index contributed by atoms with van der Waals surface area (Å²) in [5.41, 5.74) is 4.66. The molecule has 1 N–H and O–H groups in total. The zero-order valence-electron chi connectivity index (χ0n) is 18.1. The Balaban J connectivity index is 1.45. The quantitative estimate of drug-likeness (QED) is 0.469. The monoisotopic (exact) mass is 419 g/mol. The molecule has 4 aromatic rings. The van der Waals surface area contributed by atoms with Crippen LogP contribution in [-0.4, -0.2) is 45.9 Å². The highest BCUT2D eigenvalue weighted by molar-refractivity contribution is 5.78. The van der Waals surface area contributed by atoms with Crippen molar-refractivity contribution in [3.63, 3.8) is 0 Å². The predicted molar refractivity (Wildman–Crippen MR) is 118 cm³/mol. The van der Waals surface area contributed by atoms with Crippen molar-refractivity contribution < 1.29 is 5.11 Å². The predicted octanol–water partition coefficient (Wildman–Crippen LogP) is 3.84. The number of aliphatic hydroxyl groups is 1. The lowest BCUT2D eigenvalue weighted by Crippen LogP contribution is -2.29. The number of fused-ring (bicyclic) bond motifs is 1. The Morgan fingerprint density at radius 3 is 2.58 bits per heavy atom. The number of hydrogen-bond acceptors (Lipinski definition) is 5. The van der Waals surface area contributed by atoms with Gasteiger partial charge >= 0.3 is 0 Å². The minimum atomic E-state index is 0.297. The van der Waals surface area contributed by atoms with E-state index in [4.69, 9.17) is 4.98 Å². The molecule has 0 atom stereocenters. The van der Waals surface area contributed by atoms with Crippen molar-refractivity contribution in [2.75, 3.05) is 6.61 Å². The van der Waals surface area contributed by atoms with Crippen molar-refractivity contribution in [2.24, 2.45) is 11.8 Å². The second-order valence-electron chi connectivity index (χ2n) is 8.65. The van der Waals surface area contributed by atoms with Crippen LogP contribution in [0, 0.1) is 11.8 Å². The molecule has 8 heteroatoms. The standard InChI is InChI=1S/C23H29N7O/c1-3-20(4-2)29-13-19(10-26-29)23-22-5-6-24-30(22)14-21(27-23)18-9-25-28(12-18)11-16-7-17(8-16)15-31/h5-6,9-10,12-14,16-17,20,31H,3-4,7-8,11,15H2,1-2H3/t16-,17-. The van der Waals surface area contributed by atoms with Crippen LogP contribution in [0.5, 0.6) is 0 Å². The minimum Gasteiger partial charge on any atom is -0.396 e. The summed E-state index contributed by atoms with van der Waals surface area (Å²) in [6, 6.07) is 2.38. The first kappa shape index (κ1) is 19.9. The van der Waals surface area contributed by atoms with Gasteiger partial charge in [0.1, 0.15) is 0 Å². The molecule has 0 unspecified atom stereocenters. The fraction of sp³-hybridized carbons (Fsp3) is 0.478. The van der Waals surface area contributed by atoms with Crippen LogP contribution in [0.3, 0.4) is 0 Å². The maximum atomic E-state index is 9.23. The molecule has 8 nitrogen and oxygen atoms in total. The molecule has 162 valence electrons. The lowest BCUT2D eigenvalue weighted by Gasteiger charge is -2.33. The van der Waals surface area contributed by atoms with E-state index in [1.807, 2.05) is 38.5 Å². The molecular formula is C23H29N7O. The van der Waals surface area contributed by atoms with Crippen LogP contribution >= 0.6 is 0 Å². The maximum absolute atomic E-state index is 9.23. The average molecular weight is 420 g/mol. The summed E-state index contributed by atoms with van der Waals surface area (Å²) in [6.45, 7) is 5.56. The topological polar surface area (TPSA) is 86.1 Å². The van der Waals surface area contributed by atoms with Gasteiger partial charge in [0, 0.05) is 36.7 Å². The van der Waals surface area contributed by atoms with E-state index in [2.05, 4.69) is 41.5 Å². The Hall–Kier alpha value is -3.00. The molecule has 0 radical (unpaired) electrons. The normalized spacial score (nSPS) is 18.7. The molecule has 0 saturated heterocycles. The van der Waals surface area contributed by atoms with E-state index in [0.717, 1.165) is 60.3 Å². The molecule has 1 aliphatic rings. The zero-order chi connectivity index (χ0) is 21.4. The van der Waals surface area contributed by atoms with Crippen LogP contribution in [0.25, 0.3) is 28.0 Å². The molecule has 4 heterocycles. The van der Waals surface area contributed by atoms with Crippen LogP contribution in [0.1, 0.15) is 45.6 Å². The Kier molecular flexibility index (Phi) is 5.31. The van der Waals surface area contributed by atoms with Crippen molar-refractivity contribution in [3.05, 3.63) is 43.2 Å². The maximum Gasteiger partial charge on any atom is 0.0999 e. The average Bonchev–Trinajstić information content (AvgIpc) is 3.51. The third-order valence-corrected chi connectivity index (χ3v) is 6.55. The summed E-state index contributed by atoms with van der Waals surface area (Å²) in [6.07, 6.45) is 15.9. The van der Waals surface area contributed by atoms with Crippen LogP contribution in [0.15, 0.2) is 43.2 Å². The molecule has 31 heavy (non-hydrogen) atoms. The Morgan fingerprint density at radius 1 is 1.00 bits per heavy atom. The number of rotatable bonds is 8.